The third kappa shape index (κ3) is 6.16. The molecule has 0 heterocycles. The lowest BCUT2D eigenvalue weighted by molar-refractivity contribution is -0.115. The van der Waals surface area contributed by atoms with Gasteiger partial charge in [0.15, 0.2) is 0 Å². The Hall–Kier alpha value is -2.38. The number of anilines is 1. The minimum atomic E-state index is -3.60. The lowest BCUT2D eigenvalue weighted by atomic mass is 10.1. The van der Waals surface area contributed by atoms with Crippen LogP contribution in [0.1, 0.15) is 23.6 Å². The Balaban J connectivity index is 1.88. The number of amides is 1. The molecule has 0 saturated heterocycles. The van der Waals surface area contributed by atoms with Crippen LogP contribution in [0.25, 0.3) is 0 Å². The summed E-state index contributed by atoms with van der Waals surface area (Å²) in [4.78, 5) is 12.0. The fourth-order valence-electron chi connectivity index (χ4n) is 2.45. The molecule has 0 saturated carbocycles. The normalized spacial score (nSPS) is 11.2. The van der Waals surface area contributed by atoms with Gasteiger partial charge in [0.1, 0.15) is 5.75 Å². The summed E-state index contributed by atoms with van der Waals surface area (Å²) in [6.45, 7) is 5.96. The fraction of sp³-hybridized carbons (Fsp3) is 0.316. The van der Waals surface area contributed by atoms with Crippen molar-refractivity contribution in [2.75, 3.05) is 18.5 Å². The van der Waals surface area contributed by atoms with Crippen molar-refractivity contribution in [3.8, 4) is 5.75 Å². The lowest BCUT2D eigenvalue weighted by Gasteiger charge is -2.10. The molecule has 0 radical (unpaired) electrons. The molecule has 0 unspecified atom stereocenters. The molecule has 0 aliphatic carbocycles. The molecule has 0 aliphatic heterocycles. The van der Waals surface area contributed by atoms with Crippen LogP contribution < -0.4 is 14.8 Å². The Morgan fingerprint density at radius 1 is 1.08 bits per heavy atom. The van der Waals surface area contributed by atoms with Crippen LogP contribution in [0.15, 0.2) is 42.5 Å². The van der Waals surface area contributed by atoms with Gasteiger partial charge in [-0.2, -0.15) is 0 Å². The molecule has 140 valence electrons. The number of benzene rings is 2. The highest BCUT2D eigenvalue weighted by molar-refractivity contribution is 7.88. The molecular formula is C19H24N2O4S. The van der Waals surface area contributed by atoms with Crippen molar-refractivity contribution >= 4 is 21.6 Å². The third-order valence-electron chi connectivity index (χ3n) is 3.75. The largest absolute Gasteiger partial charge is 0.494 e. The van der Waals surface area contributed by atoms with E-state index in [0.29, 0.717) is 18.0 Å². The average Bonchev–Trinajstić information content (AvgIpc) is 2.58. The van der Waals surface area contributed by atoms with Crippen molar-refractivity contribution in [1.29, 1.82) is 0 Å². The Morgan fingerprint density at radius 3 is 2.38 bits per heavy atom. The monoisotopic (exact) mass is 376 g/mol. The molecule has 0 aliphatic rings. The van der Waals surface area contributed by atoms with Gasteiger partial charge in [0.25, 0.3) is 0 Å². The number of carbonyl (C=O) groups excluding carboxylic acids is 1. The van der Waals surface area contributed by atoms with Crippen molar-refractivity contribution in [2.24, 2.45) is 0 Å². The molecule has 0 atom stereocenters. The van der Waals surface area contributed by atoms with Gasteiger partial charge in [-0.05, 0) is 56.2 Å². The first-order chi connectivity index (χ1) is 12.3. The van der Waals surface area contributed by atoms with E-state index < -0.39 is 15.9 Å². The van der Waals surface area contributed by atoms with Crippen LogP contribution in [0.4, 0.5) is 5.69 Å². The van der Waals surface area contributed by atoms with E-state index in [1.165, 1.54) is 0 Å². The molecule has 26 heavy (non-hydrogen) atoms. The summed E-state index contributed by atoms with van der Waals surface area (Å²) in [5, 5.41) is 2.65. The molecule has 0 fully saturated rings. The van der Waals surface area contributed by atoms with Crippen LogP contribution in [0.2, 0.25) is 0 Å². The zero-order valence-corrected chi connectivity index (χ0v) is 16.0. The van der Waals surface area contributed by atoms with E-state index in [-0.39, 0.29) is 12.3 Å². The smallest absolute Gasteiger partial charge is 0.239 e. The summed E-state index contributed by atoms with van der Waals surface area (Å²) < 4.78 is 32.1. The third-order valence-corrected chi connectivity index (χ3v) is 5.02. The van der Waals surface area contributed by atoms with Gasteiger partial charge in [0.05, 0.1) is 18.9 Å². The summed E-state index contributed by atoms with van der Waals surface area (Å²) in [6, 6.07) is 12.5. The van der Waals surface area contributed by atoms with Gasteiger partial charge in [0, 0.05) is 5.69 Å². The van der Waals surface area contributed by atoms with Crippen LogP contribution in [0, 0.1) is 13.8 Å². The molecule has 0 spiro atoms. The Morgan fingerprint density at radius 2 is 1.77 bits per heavy atom. The Labute approximate surface area is 154 Å². The second kappa shape index (κ2) is 8.82. The molecule has 2 aromatic rings. The van der Waals surface area contributed by atoms with Crippen LogP contribution in [-0.2, 0) is 20.6 Å². The Kier molecular flexibility index (Phi) is 6.76. The van der Waals surface area contributed by atoms with Gasteiger partial charge in [-0.3, -0.25) is 4.79 Å². The van der Waals surface area contributed by atoms with E-state index in [4.69, 9.17) is 4.74 Å². The molecule has 0 bridgehead atoms. The molecule has 2 rings (SSSR count). The predicted molar refractivity (Wildman–Crippen MR) is 103 cm³/mol. The van der Waals surface area contributed by atoms with E-state index in [1.54, 1.807) is 30.3 Å². The minimum absolute atomic E-state index is 0.157. The second-order valence-corrected chi connectivity index (χ2v) is 7.82. The zero-order chi connectivity index (χ0) is 19.2. The van der Waals surface area contributed by atoms with Crippen molar-refractivity contribution in [2.45, 2.75) is 26.5 Å². The van der Waals surface area contributed by atoms with Gasteiger partial charge in [0.2, 0.25) is 15.9 Å². The second-order valence-electron chi connectivity index (χ2n) is 6.02. The molecule has 1 amide bonds. The maximum Gasteiger partial charge on any atom is 0.239 e. The number of ether oxygens (including phenoxy) is 1. The van der Waals surface area contributed by atoms with Crippen LogP contribution in [-0.4, -0.2) is 27.5 Å². The topological polar surface area (TPSA) is 84.5 Å². The lowest BCUT2D eigenvalue weighted by Crippen LogP contribution is -2.33. The van der Waals surface area contributed by atoms with E-state index in [2.05, 4.69) is 10.0 Å². The highest BCUT2D eigenvalue weighted by Gasteiger charge is 2.15. The van der Waals surface area contributed by atoms with Crippen LogP contribution in [0.5, 0.6) is 5.75 Å². The average molecular weight is 376 g/mol. The number of nitrogens with one attached hydrogen (secondary N) is 2. The number of hydrogen-bond acceptors (Lipinski definition) is 4. The summed E-state index contributed by atoms with van der Waals surface area (Å²) in [6.07, 6.45) is 0. The van der Waals surface area contributed by atoms with Gasteiger partial charge in [-0.15, -0.1) is 0 Å². The molecule has 2 N–H and O–H groups in total. The Bertz CT molecular complexity index is 862. The van der Waals surface area contributed by atoms with Gasteiger partial charge < -0.3 is 10.1 Å². The molecule has 0 aromatic heterocycles. The first-order valence-electron chi connectivity index (χ1n) is 8.35. The zero-order valence-electron chi connectivity index (χ0n) is 15.2. The number of carbonyl (C=O) groups is 1. The van der Waals surface area contributed by atoms with Crippen LogP contribution in [0.3, 0.4) is 0 Å². The van der Waals surface area contributed by atoms with Crippen molar-refractivity contribution in [3.05, 3.63) is 59.2 Å². The summed E-state index contributed by atoms with van der Waals surface area (Å²) in [5.41, 5.74) is 3.28. The number of hydrogen-bond donors (Lipinski definition) is 2. The van der Waals surface area contributed by atoms with Gasteiger partial charge in [-0.25, -0.2) is 13.1 Å². The van der Waals surface area contributed by atoms with Gasteiger partial charge >= 0.3 is 0 Å². The fourth-order valence-corrected chi connectivity index (χ4v) is 3.63. The molecular weight excluding hydrogens is 352 g/mol. The highest BCUT2D eigenvalue weighted by Crippen LogP contribution is 2.16. The minimum Gasteiger partial charge on any atom is -0.494 e. The number of rotatable bonds is 8. The molecule has 6 nitrogen and oxygen atoms in total. The maximum atomic E-state index is 12.2. The van der Waals surface area contributed by atoms with Crippen molar-refractivity contribution in [1.82, 2.24) is 4.72 Å². The first-order valence-corrected chi connectivity index (χ1v) is 10.0. The number of sulfonamides is 1. The molecule has 7 heteroatoms. The quantitative estimate of drug-likeness (QED) is 0.742. The van der Waals surface area contributed by atoms with E-state index in [9.17, 15) is 13.2 Å². The summed E-state index contributed by atoms with van der Waals surface area (Å²) >= 11 is 0. The van der Waals surface area contributed by atoms with Crippen molar-refractivity contribution in [3.63, 3.8) is 0 Å². The van der Waals surface area contributed by atoms with Crippen molar-refractivity contribution < 1.29 is 17.9 Å². The SMILES string of the molecule is CCOc1ccc(NC(=O)CNS(=O)(=O)Cc2ccc(C)cc2C)cc1. The first kappa shape index (κ1) is 19.9. The predicted octanol–water partition coefficient (Wildman–Crippen LogP) is 2.76. The number of aryl methyl sites for hydroxylation is 2. The highest BCUT2D eigenvalue weighted by atomic mass is 32.2. The maximum absolute atomic E-state index is 12.2. The van der Waals surface area contributed by atoms with Crippen LogP contribution >= 0.6 is 0 Å². The standard InChI is InChI=1S/C19H24N2O4S/c1-4-25-18-9-7-17(8-10-18)21-19(22)12-20-26(23,24)13-16-6-5-14(2)11-15(16)3/h5-11,20H,4,12-13H2,1-3H3,(H,21,22). The van der Waals surface area contributed by atoms with E-state index >= 15 is 0 Å². The summed E-state index contributed by atoms with van der Waals surface area (Å²) in [5.74, 6) is 0.119. The van der Waals surface area contributed by atoms with E-state index in [0.717, 1.165) is 16.7 Å². The molecule has 2 aromatic carbocycles. The van der Waals surface area contributed by atoms with Gasteiger partial charge in [-0.1, -0.05) is 23.8 Å². The summed E-state index contributed by atoms with van der Waals surface area (Å²) in [7, 11) is -3.60. The van der Waals surface area contributed by atoms with E-state index in [1.807, 2.05) is 32.9 Å².